The van der Waals surface area contributed by atoms with Gasteiger partial charge in [0.05, 0.1) is 5.69 Å². The Labute approximate surface area is 126 Å². The van der Waals surface area contributed by atoms with Crippen LogP contribution in [0.3, 0.4) is 0 Å². The maximum absolute atomic E-state index is 11.7. The van der Waals surface area contributed by atoms with Crippen molar-refractivity contribution >= 4 is 17.4 Å². The minimum Gasteiger partial charge on any atom is -0.298 e. The van der Waals surface area contributed by atoms with Gasteiger partial charge >= 0.3 is 0 Å². The predicted molar refractivity (Wildman–Crippen MR) is 88.2 cm³/mol. The van der Waals surface area contributed by atoms with Gasteiger partial charge in [-0.3, -0.25) is 9.78 Å². The average molecular weight is 279 g/mol. The number of rotatable bonds is 3. The number of aryl methyl sites for hydroxylation is 4. The molecule has 0 bridgehead atoms. The molecule has 2 aromatic rings. The number of allylic oxidation sites excluding steroid dienone is 2. The molecule has 0 atom stereocenters. The maximum atomic E-state index is 11.7. The minimum absolute atomic E-state index is 0.715. The fourth-order valence-electron chi connectivity index (χ4n) is 2.43. The van der Waals surface area contributed by atoms with Crippen LogP contribution in [0.2, 0.25) is 0 Å². The lowest BCUT2D eigenvalue weighted by molar-refractivity contribution is -0.103. The van der Waals surface area contributed by atoms with Gasteiger partial charge in [-0.2, -0.15) is 0 Å². The highest BCUT2D eigenvalue weighted by Crippen LogP contribution is 2.27. The number of pyridine rings is 1. The van der Waals surface area contributed by atoms with Crippen molar-refractivity contribution in [3.63, 3.8) is 0 Å². The van der Waals surface area contributed by atoms with Crippen LogP contribution in [0.5, 0.6) is 0 Å². The molecule has 1 aromatic carbocycles. The van der Waals surface area contributed by atoms with Crippen LogP contribution in [0, 0.1) is 27.7 Å². The highest BCUT2D eigenvalue weighted by atomic mass is 16.1. The van der Waals surface area contributed by atoms with E-state index in [2.05, 4.69) is 31.0 Å². The average Bonchev–Trinajstić information content (AvgIpc) is 2.45. The van der Waals surface area contributed by atoms with E-state index in [1.165, 1.54) is 11.1 Å². The molecule has 1 heterocycles. The van der Waals surface area contributed by atoms with Gasteiger partial charge in [0.1, 0.15) is 0 Å². The molecular formula is C19H21NO. The number of aromatic nitrogens is 1. The Bertz CT molecular complexity index is 709. The maximum Gasteiger partial charge on any atom is 0.151 e. The van der Waals surface area contributed by atoms with E-state index >= 15 is 0 Å². The van der Waals surface area contributed by atoms with E-state index in [-0.39, 0.29) is 0 Å². The van der Waals surface area contributed by atoms with E-state index in [0.717, 1.165) is 34.2 Å². The Kier molecular flexibility index (Phi) is 4.37. The van der Waals surface area contributed by atoms with Gasteiger partial charge in [0.2, 0.25) is 0 Å². The van der Waals surface area contributed by atoms with E-state index in [9.17, 15) is 4.79 Å². The molecule has 0 fully saturated rings. The first-order valence-electron chi connectivity index (χ1n) is 7.11. The number of benzene rings is 1. The van der Waals surface area contributed by atoms with Crippen LogP contribution in [-0.2, 0) is 4.79 Å². The molecule has 0 aliphatic rings. The van der Waals surface area contributed by atoms with Gasteiger partial charge in [0.15, 0.2) is 6.29 Å². The van der Waals surface area contributed by atoms with Gasteiger partial charge in [0.25, 0.3) is 0 Å². The SMILES string of the molecule is C/C(=C(/C=O)c1cc(C)c(C)cc1C)c1ccc(C)cn1. The molecule has 0 spiro atoms. The second-order valence-corrected chi connectivity index (χ2v) is 5.63. The quantitative estimate of drug-likeness (QED) is 0.614. The van der Waals surface area contributed by atoms with Gasteiger partial charge in [-0.15, -0.1) is 0 Å². The Morgan fingerprint density at radius 1 is 1.00 bits per heavy atom. The van der Waals surface area contributed by atoms with Crippen LogP contribution in [0.1, 0.15) is 40.4 Å². The van der Waals surface area contributed by atoms with Crippen molar-refractivity contribution in [2.75, 3.05) is 0 Å². The Morgan fingerprint density at radius 3 is 2.24 bits per heavy atom. The van der Waals surface area contributed by atoms with Gasteiger partial charge < -0.3 is 0 Å². The summed E-state index contributed by atoms with van der Waals surface area (Å²) < 4.78 is 0. The molecule has 0 aliphatic heterocycles. The molecule has 0 saturated carbocycles. The monoisotopic (exact) mass is 279 g/mol. The molecule has 0 N–H and O–H groups in total. The highest BCUT2D eigenvalue weighted by molar-refractivity contribution is 6.17. The fourth-order valence-corrected chi connectivity index (χ4v) is 2.43. The molecule has 2 heteroatoms. The zero-order valence-corrected chi connectivity index (χ0v) is 13.3. The van der Waals surface area contributed by atoms with Gasteiger partial charge in [-0.05, 0) is 74.1 Å². The summed E-state index contributed by atoms with van der Waals surface area (Å²) in [7, 11) is 0. The lowest BCUT2D eigenvalue weighted by Gasteiger charge is -2.12. The second-order valence-electron chi connectivity index (χ2n) is 5.63. The third-order valence-corrected chi connectivity index (χ3v) is 3.95. The topological polar surface area (TPSA) is 30.0 Å². The number of nitrogens with zero attached hydrogens (tertiary/aromatic N) is 1. The summed E-state index contributed by atoms with van der Waals surface area (Å²) in [6.07, 6.45) is 2.77. The van der Waals surface area contributed by atoms with Crippen LogP contribution in [0.25, 0.3) is 11.1 Å². The number of carbonyl (C=O) groups is 1. The Balaban J connectivity index is 2.62. The molecule has 0 saturated heterocycles. The van der Waals surface area contributed by atoms with E-state index in [0.29, 0.717) is 5.57 Å². The zero-order chi connectivity index (χ0) is 15.6. The first kappa shape index (κ1) is 15.2. The number of hydrogen-bond acceptors (Lipinski definition) is 2. The number of carbonyl (C=O) groups excluding carboxylic acids is 1. The normalized spacial score (nSPS) is 12.0. The van der Waals surface area contributed by atoms with Crippen LogP contribution in [0.4, 0.5) is 0 Å². The smallest absolute Gasteiger partial charge is 0.151 e. The minimum atomic E-state index is 0.715. The molecule has 21 heavy (non-hydrogen) atoms. The summed E-state index contributed by atoms with van der Waals surface area (Å²) in [6.45, 7) is 10.2. The predicted octanol–water partition coefficient (Wildman–Crippen LogP) is 4.44. The number of hydrogen-bond donors (Lipinski definition) is 0. The Morgan fingerprint density at radius 2 is 1.67 bits per heavy atom. The summed E-state index contributed by atoms with van der Waals surface area (Å²) in [5, 5.41) is 0. The van der Waals surface area contributed by atoms with Crippen molar-refractivity contribution < 1.29 is 4.79 Å². The van der Waals surface area contributed by atoms with Crippen molar-refractivity contribution in [3.05, 3.63) is 64.0 Å². The summed E-state index contributed by atoms with van der Waals surface area (Å²) >= 11 is 0. The highest BCUT2D eigenvalue weighted by Gasteiger charge is 2.12. The Hall–Kier alpha value is -2.22. The van der Waals surface area contributed by atoms with Crippen molar-refractivity contribution in [3.8, 4) is 0 Å². The lowest BCUT2D eigenvalue weighted by atomic mass is 9.92. The van der Waals surface area contributed by atoms with Gasteiger partial charge in [0, 0.05) is 11.8 Å². The summed E-state index contributed by atoms with van der Waals surface area (Å²) in [6, 6.07) is 8.20. The molecule has 0 unspecified atom stereocenters. The third-order valence-electron chi connectivity index (χ3n) is 3.95. The first-order valence-corrected chi connectivity index (χ1v) is 7.11. The zero-order valence-electron chi connectivity index (χ0n) is 13.3. The molecule has 108 valence electrons. The third kappa shape index (κ3) is 3.10. The second kappa shape index (κ2) is 6.04. The van der Waals surface area contributed by atoms with Gasteiger partial charge in [-0.25, -0.2) is 0 Å². The van der Waals surface area contributed by atoms with E-state index in [1.807, 2.05) is 39.1 Å². The van der Waals surface area contributed by atoms with Crippen molar-refractivity contribution in [1.29, 1.82) is 0 Å². The summed E-state index contributed by atoms with van der Waals surface area (Å²) in [5.74, 6) is 0. The van der Waals surface area contributed by atoms with E-state index in [1.54, 1.807) is 0 Å². The summed E-state index contributed by atoms with van der Waals surface area (Å²) in [4.78, 5) is 16.1. The van der Waals surface area contributed by atoms with Crippen LogP contribution in [-0.4, -0.2) is 11.3 Å². The largest absolute Gasteiger partial charge is 0.298 e. The molecule has 0 radical (unpaired) electrons. The fraction of sp³-hybridized carbons (Fsp3) is 0.263. The van der Waals surface area contributed by atoms with Crippen LogP contribution in [0.15, 0.2) is 30.5 Å². The molecule has 0 aliphatic carbocycles. The van der Waals surface area contributed by atoms with E-state index < -0.39 is 0 Å². The summed E-state index contributed by atoms with van der Waals surface area (Å²) in [5.41, 5.74) is 8.14. The molecular weight excluding hydrogens is 258 g/mol. The van der Waals surface area contributed by atoms with E-state index in [4.69, 9.17) is 0 Å². The van der Waals surface area contributed by atoms with Gasteiger partial charge in [-0.1, -0.05) is 18.2 Å². The lowest BCUT2D eigenvalue weighted by Crippen LogP contribution is -1.98. The molecule has 2 rings (SSSR count). The van der Waals surface area contributed by atoms with Crippen molar-refractivity contribution in [2.45, 2.75) is 34.6 Å². The van der Waals surface area contributed by atoms with Crippen molar-refractivity contribution in [2.24, 2.45) is 0 Å². The molecule has 0 amide bonds. The molecule has 1 aromatic heterocycles. The number of aldehydes is 1. The van der Waals surface area contributed by atoms with Crippen molar-refractivity contribution in [1.82, 2.24) is 4.98 Å². The van der Waals surface area contributed by atoms with Crippen LogP contribution < -0.4 is 0 Å². The molecule has 2 nitrogen and oxygen atoms in total. The first-order chi connectivity index (χ1) is 9.93. The standard InChI is InChI=1S/C19H21NO/c1-12-6-7-19(20-10-12)16(5)18(11-21)17-9-14(3)13(2)8-15(17)4/h6-11H,1-5H3/b18-16+. The van der Waals surface area contributed by atoms with Crippen LogP contribution >= 0.6 is 0 Å².